The van der Waals surface area contributed by atoms with Crippen LogP contribution >= 0.6 is 0 Å². The number of amides is 1. The summed E-state index contributed by atoms with van der Waals surface area (Å²) in [7, 11) is 0. The highest BCUT2D eigenvalue weighted by Gasteiger charge is 2.27. The normalized spacial score (nSPS) is 11.0. The van der Waals surface area contributed by atoms with E-state index in [1.807, 2.05) is 56.3 Å². The van der Waals surface area contributed by atoms with Crippen molar-refractivity contribution in [1.82, 2.24) is 9.97 Å². The number of benzene rings is 2. The number of carbonyl (C=O) groups excluding carboxylic acids is 1. The van der Waals surface area contributed by atoms with Gasteiger partial charge in [0, 0.05) is 35.3 Å². The molecule has 0 spiro atoms. The molecule has 1 amide bonds. The second-order valence-electron chi connectivity index (χ2n) is 7.50. The molecule has 0 aliphatic rings. The first kappa shape index (κ1) is 20.5. The van der Waals surface area contributed by atoms with Crippen LogP contribution in [-0.2, 0) is 0 Å². The Labute approximate surface area is 179 Å². The fraction of sp³-hybridized carbons (Fsp3) is 0.120. The fourth-order valence-electron chi connectivity index (χ4n) is 3.58. The lowest BCUT2D eigenvalue weighted by Gasteiger charge is -2.12. The van der Waals surface area contributed by atoms with E-state index in [1.165, 1.54) is 6.07 Å². The van der Waals surface area contributed by atoms with Crippen molar-refractivity contribution in [3.05, 3.63) is 95.9 Å². The van der Waals surface area contributed by atoms with Gasteiger partial charge >= 0.3 is 0 Å². The molecule has 2 aromatic carbocycles. The molecule has 6 heteroatoms. The number of anilines is 1. The maximum Gasteiger partial charge on any atom is 0.258 e. The van der Waals surface area contributed by atoms with Gasteiger partial charge in [0.05, 0.1) is 16.9 Å². The molecule has 2 N–H and O–H groups in total. The Morgan fingerprint density at radius 1 is 1.00 bits per heavy atom. The van der Waals surface area contributed by atoms with Crippen molar-refractivity contribution >= 4 is 11.6 Å². The van der Waals surface area contributed by atoms with Crippen LogP contribution in [0, 0.1) is 11.6 Å². The van der Waals surface area contributed by atoms with Crippen LogP contribution in [0.15, 0.2) is 73.1 Å². The molecular weight excluding hydrogens is 396 g/mol. The first-order valence-electron chi connectivity index (χ1n) is 9.93. The number of pyridine rings is 1. The van der Waals surface area contributed by atoms with Gasteiger partial charge in [0.25, 0.3) is 5.91 Å². The number of hydrogen-bond acceptors (Lipinski definition) is 2. The van der Waals surface area contributed by atoms with Crippen molar-refractivity contribution in [1.29, 1.82) is 0 Å². The molecule has 4 nitrogen and oxygen atoms in total. The molecule has 4 rings (SSSR count). The summed E-state index contributed by atoms with van der Waals surface area (Å²) < 4.78 is 27.5. The summed E-state index contributed by atoms with van der Waals surface area (Å²) in [6, 6.07) is 16.3. The largest absolute Gasteiger partial charge is 0.357 e. The molecule has 0 atom stereocenters. The minimum atomic E-state index is -0.830. The van der Waals surface area contributed by atoms with Crippen molar-refractivity contribution in [2.75, 3.05) is 5.32 Å². The number of nitrogens with zero attached hydrogens (tertiary/aromatic N) is 1. The van der Waals surface area contributed by atoms with E-state index < -0.39 is 17.5 Å². The first-order valence-corrected chi connectivity index (χ1v) is 9.93. The smallest absolute Gasteiger partial charge is 0.258 e. The van der Waals surface area contributed by atoms with E-state index in [9.17, 15) is 13.6 Å². The van der Waals surface area contributed by atoms with Crippen molar-refractivity contribution < 1.29 is 13.6 Å². The number of carbonyl (C=O) groups is 1. The summed E-state index contributed by atoms with van der Waals surface area (Å²) in [5.74, 6) is -2.02. The molecule has 0 unspecified atom stereocenters. The lowest BCUT2D eigenvalue weighted by Crippen LogP contribution is -2.16. The number of H-pyrrole nitrogens is 1. The third kappa shape index (κ3) is 4.10. The number of hydrogen-bond donors (Lipinski definition) is 2. The van der Waals surface area contributed by atoms with Gasteiger partial charge in [0.15, 0.2) is 0 Å². The topological polar surface area (TPSA) is 57.8 Å². The Morgan fingerprint density at radius 2 is 1.74 bits per heavy atom. The van der Waals surface area contributed by atoms with E-state index >= 15 is 0 Å². The van der Waals surface area contributed by atoms with Crippen LogP contribution in [-0.4, -0.2) is 15.9 Å². The minimum absolute atomic E-state index is 0.00769. The highest BCUT2D eigenvalue weighted by atomic mass is 19.1. The Morgan fingerprint density at radius 3 is 2.39 bits per heavy atom. The number of aromatic amines is 1. The third-order valence-corrected chi connectivity index (χ3v) is 5.03. The highest BCUT2D eigenvalue weighted by Crippen LogP contribution is 2.39. The minimum Gasteiger partial charge on any atom is -0.357 e. The Hall–Kier alpha value is -3.80. The van der Waals surface area contributed by atoms with Gasteiger partial charge < -0.3 is 10.3 Å². The van der Waals surface area contributed by atoms with Crippen LogP contribution in [0.4, 0.5) is 14.5 Å². The lowest BCUT2D eigenvalue weighted by atomic mass is 9.94. The van der Waals surface area contributed by atoms with Crippen LogP contribution in [0.1, 0.15) is 35.8 Å². The fourth-order valence-corrected chi connectivity index (χ4v) is 3.58. The Balaban J connectivity index is 1.91. The molecule has 0 aliphatic carbocycles. The molecule has 0 saturated heterocycles. The van der Waals surface area contributed by atoms with Gasteiger partial charge in [0.1, 0.15) is 11.6 Å². The molecule has 2 aromatic heterocycles. The molecule has 4 aromatic rings. The summed E-state index contributed by atoms with van der Waals surface area (Å²) in [4.78, 5) is 21.0. The second-order valence-corrected chi connectivity index (χ2v) is 7.50. The van der Waals surface area contributed by atoms with E-state index in [4.69, 9.17) is 0 Å². The van der Waals surface area contributed by atoms with Crippen molar-refractivity contribution in [3.8, 4) is 22.4 Å². The monoisotopic (exact) mass is 417 g/mol. The third-order valence-electron chi connectivity index (χ3n) is 5.03. The summed E-state index contributed by atoms with van der Waals surface area (Å²) in [6.45, 7) is 3.95. The van der Waals surface area contributed by atoms with Gasteiger partial charge in [-0.15, -0.1) is 0 Å². The number of rotatable bonds is 5. The van der Waals surface area contributed by atoms with Crippen LogP contribution in [0.25, 0.3) is 22.4 Å². The van der Waals surface area contributed by atoms with E-state index in [1.54, 1.807) is 12.4 Å². The Bertz CT molecular complexity index is 1220. The van der Waals surface area contributed by atoms with Gasteiger partial charge in [-0.05, 0) is 35.7 Å². The molecule has 0 saturated carbocycles. The molecule has 31 heavy (non-hydrogen) atoms. The molecule has 0 aliphatic heterocycles. The summed E-state index contributed by atoms with van der Waals surface area (Å²) in [5.41, 5.74) is 4.19. The maximum atomic E-state index is 14.2. The van der Waals surface area contributed by atoms with E-state index in [0.29, 0.717) is 11.1 Å². The van der Waals surface area contributed by atoms with Crippen molar-refractivity contribution in [2.45, 2.75) is 19.8 Å². The van der Waals surface area contributed by atoms with Crippen LogP contribution in [0.5, 0.6) is 0 Å². The van der Waals surface area contributed by atoms with Crippen molar-refractivity contribution in [2.24, 2.45) is 0 Å². The number of halogens is 2. The van der Waals surface area contributed by atoms with Gasteiger partial charge in [0.2, 0.25) is 0 Å². The average Bonchev–Trinajstić information content (AvgIpc) is 3.18. The summed E-state index contributed by atoms with van der Waals surface area (Å²) in [5, 5.41) is 2.61. The summed E-state index contributed by atoms with van der Waals surface area (Å²) >= 11 is 0. The van der Waals surface area contributed by atoms with Crippen LogP contribution in [0.2, 0.25) is 0 Å². The highest BCUT2D eigenvalue weighted by molar-refractivity contribution is 6.12. The standard InChI is InChI=1S/C25H21F2N3O/c1-15(2)23-22(25(31)29-20-11-10-18(26)13-19(20)27)21(16-7-4-3-5-8-16)24(30-23)17-9-6-12-28-14-17/h3-15,30H,1-2H3,(H,29,31). The summed E-state index contributed by atoms with van der Waals surface area (Å²) in [6.07, 6.45) is 3.41. The molecule has 2 heterocycles. The molecule has 156 valence electrons. The van der Waals surface area contributed by atoms with E-state index in [-0.39, 0.29) is 11.6 Å². The zero-order valence-corrected chi connectivity index (χ0v) is 17.1. The predicted octanol–water partition coefficient (Wildman–Crippen LogP) is 6.40. The second kappa shape index (κ2) is 8.52. The number of aromatic nitrogens is 2. The van der Waals surface area contributed by atoms with Crippen LogP contribution < -0.4 is 5.32 Å². The van der Waals surface area contributed by atoms with Gasteiger partial charge in [-0.2, -0.15) is 0 Å². The van der Waals surface area contributed by atoms with Gasteiger partial charge in [-0.1, -0.05) is 44.2 Å². The lowest BCUT2D eigenvalue weighted by molar-refractivity contribution is 0.102. The van der Waals surface area contributed by atoms with Gasteiger partial charge in [-0.3, -0.25) is 9.78 Å². The van der Waals surface area contributed by atoms with Crippen molar-refractivity contribution in [3.63, 3.8) is 0 Å². The molecule has 0 bridgehead atoms. The van der Waals surface area contributed by atoms with E-state index in [0.717, 1.165) is 34.6 Å². The average molecular weight is 417 g/mol. The Kier molecular flexibility index (Phi) is 5.62. The molecule has 0 radical (unpaired) electrons. The maximum absolute atomic E-state index is 14.2. The number of nitrogens with one attached hydrogen (secondary N) is 2. The molecular formula is C25H21F2N3O. The van der Waals surface area contributed by atoms with Crippen LogP contribution in [0.3, 0.4) is 0 Å². The first-order chi connectivity index (χ1) is 15.0. The van der Waals surface area contributed by atoms with E-state index in [2.05, 4.69) is 15.3 Å². The SMILES string of the molecule is CC(C)c1[nH]c(-c2cccnc2)c(-c2ccccc2)c1C(=O)Nc1ccc(F)cc1F. The molecule has 0 fully saturated rings. The zero-order chi connectivity index (χ0) is 22.0. The predicted molar refractivity (Wildman–Crippen MR) is 118 cm³/mol. The zero-order valence-electron chi connectivity index (χ0n) is 17.1. The quantitative estimate of drug-likeness (QED) is 0.395. The van der Waals surface area contributed by atoms with Gasteiger partial charge in [-0.25, -0.2) is 8.78 Å².